The van der Waals surface area contributed by atoms with Gasteiger partial charge in [0.15, 0.2) is 0 Å². The standard InChI is InChI=1S/C22H32F3N5O/c1-5-9-28-16-8-10-30(17(7-3)19(16)20(27)13(4)6-2)21(31)14-12-29-18(11-15(14)26)22(23,24)25/h5,9,11,13,17,29H,6-8,10,12,26-27H2,1-4H3/b9-5+,20-19+,28-16+. The number of carbonyl (C=O) groups is 1. The van der Waals surface area contributed by atoms with Crippen LogP contribution in [0.25, 0.3) is 0 Å². The van der Waals surface area contributed by atoms with E-state index in [2.05, 4.69) is 10.3 Å². The molecule has 0 spiro atoms. The lowest BCUT2D eigenvalue weighted by molar-refractivity contribution is -0.129. The van der Waals surface area contributed by atoms with Gasteiger partial charge in [-0.15, -0.1) is 0 Å². The van der Waals surface area contributed by atoms with Gasteiger partial charge in [-0.2, -0.15) is 13.2 Å². The molecule has 0 aromatic rings. The van der Waals surface area contributed by atoms with E-state index in [0.29, 0.717) is 25.1 Å². The molecule has 0 bridgehead atoms. The van der Waals surface area contributed by atoms with Crippen LogP contribution in [0.4, 0.5) is 13.2 Å². The summed E-state index contributed by atoms with van der Waals surface area (Å²) in [4.78, 5) is 19.6. The highest BCUT2D eigenvalue weighted by Gasteiger charge is 2.39. The molecule has 31 heavy (non-hydrogen) atoms. The average molecular weight is 440 g/mol. The minimum atomic E-state index is -4.55. The Morgan fingerprint density at radius 2 is 2.10 bits per heavy atom. The van der Waals surface area contributed by atoms with Gasteiger partial charge in [0.25, 0.3) is 5.91 Å². The first-order valence-electron chi connectivity index (χ1n) is 10.6. The van der Waals surface area contributed by atoms with E-state index in [1.165, 1.54) is 0 Å². The summed E-state index contributed by atoms with van der Waals surface area (Å²) in [5.74, 6) is -0.276. The first kappa shape index (κ1) is 24.6. The minimum absolute atomic E-state index is 0.104. The summed E-state index contributed by atoms with van der Waals surface area (Å²) in [7, 11) is 0. The fraction of sp³-hybridized carbons (Fsp3) is 0.545. The van der Waals surface area contributed by atoms with Crippen LogP contribution >= 0.6 is 0 Å². The van der Waals surface area contributed by atoms with Crippen molar-refractivity contribution in [3.05, 3.63) is 46.6 Å². The normalized spacial score (nSPS) is 24.4. The molecule has 5 N–H and O–H groups in total. The maximum atomic E-state index is 13.3. The second-order valence-electron chi connectivity index (χ2n) is 7.75. The molecule has 2 aliphatic heterocycles. The number of nitrogens with two attached hydrogens (primary N) is 2. The van der Waals surface area contributed by atoms with Crippen molar-refractivity contribution in [3.63, 3.8) is 0 Å². The molecule has 1 amide bonds. The second-order valence-corrected chi connectivity index (χ2v) is 7.75. The third-order valence-electron chi connectivity index (χ3n) is 5.76. The van der Waals surface area contributed by atoms with Crippen LogP contribution in [0, 0.1) is 5.92 Å². The average Bonchev–Trinajstić information content (AvgIpc) is 2.74. The van der Waals surface area contributed by atoms with Gasteiger partial charge in [-0.05, 0) is 31.8 Å². The lowest BCUT2D eigenvalue weighted by Crippen LogP contribution is -2.51. The Morgan fingerprint density at radius 1 is 1.42 bits per heavy atom. The van der Waals surface area contributed by atoms with Crippen molar-refractivity contribution in [1.82, 2.24) is 10.2 Å². The summed E-state index contributed by atoms with van der Waals surface area (Å²) >= 11 is 0. The SMILES string of the molecule is C/C=C/N=C1\CCN(C(=O)C2=C(N)C=C(C(F)(F)F)NC2)C(CC)\C1=C(\N)C(C)CC. The summed E-state index contributed by atoms with van der Waals surface area (Å²) in [5, 5.41) is 2.27. The summed E-state index contributed by atoms with van der Waals surface area (Å²) in [6.45, 7) is 8.00. The first-order valence-corrected chi connectivity index (χ1v) is 10.6. The Hall–Kier alpha value is -2.71. The first-order chi connectivity index (χ1) is 14.6. The molecule has 1 fully saturated rings. The lowest BCUT2D eigenvalue weighted by atomic mass is 9.85. The Labute approximate surface area is 181 Å². The number of nitrogens with zero attached hydrogens (tertiary/aromatic N) is 2. The maximum absolute atomic E-state index is 13.3. The molecule has 1 saturated heterocycles. The van der Waals surface area contributed by atoms with Gasteiger partial charge in [0, 0.05) is 48.4 Å². The fourth-order valence-corrected chi connectivity index (χ4v) is 3.81. The van der Waals surface area contributed by atoms with Gasteiger partial charge in [0.1, 0.15) is 5.70 Å². The van der Waals surface area contributed by atoms with Crippen molar-refractivity contribution in [1.29, 1.82) is 0 Å². The Balaban J connectivity index is 2.49. The minimum Gasteiger partial charge on any atom is -0.401 e. The smallest absolute Gasteiger partial charge is 0.401 e. The van der Waals surface area contributed by atoms with E-state index >= 15 is 0 Å². The predicted octanol–water partition coefficient (Wildman–Crippen LogP) is 3.49. The largest absolute Gasteiger partial charge is 0.430 e. The van der Waals surface area contributed by atoms with E-state index in [1.807, 2.05) is 33.8 Å². The third-order valence-corrected chi connectivity index (χ3v) is 5.76. The van der Waals surface area contributed by atoms with Gasteiger partial charge in [0.05, 0.1) is 11.6 Å². The molecular formula is C22H32F3N5O. The molecule has 2 rings (SSSR count). The van der Waals surface area contributed by atoms with Crippen LogP contribution < -0.4 is 16.8 Å². The number of aliphatic imine (C=N–C) groups is 1. The highest BCUT2D eigenvalue weighted by atomic mass is 19.4. The van der Waals surface area contributed by atoms with Gasteiger partial charge in [-0.3, -0.25) is 9.79 Å². The van der Waals surface area contributed by atoms with Gasteiger partial charge in [-0.1, -0.05) is 26.8 Å². The number of rotatable bonds is 5. The Bertz CT molecular complexity index is 852. The summed E-state index contributed by atoms with van der Waals surface area (Å²) in [6.07, 6.45) is 1.70. The van der Waals surface area contributed by atoms with Crippen LogP contribution in [0.5, 0.6) is 0 Å². The number of hydrogen-bond acceptors (Lipinski definition) is 5. The second kappa shape index (κ2) is 10.1. The Kier molecular flexibility index (Phi) is 7.97. The number of halogens is 3. The number of amides is 1. The van der Waals surface area contributed by atoms with Gasteiger partial charge in [-0.25, -0.2) is 0 Å². The van der Waals surface area contributed by atoms with Crippen LogP contribution in [-0.4, -0.2) is 41.8 Å². The number of dihydropyridines is 1. The molecule has 6 nitrogen and oxygen atoms in total. The third kappa shape index (κ3) is 5.32. The van der Waals surface area contributed by atoms with Crippen molar-refractivity contribution in [3.8, 4) is 0 Å². The molecule has 0 aromatic heterocycles. The van der Waals surface area contributed by atoms with E-state index in [9.17, 15) is 18.0 Å². The Morgan fingerprint density at radius 3 is 2.61 bits per heavy atom. The molecule has 2 aliphatic rings. The molecule has 2 heterocycles. The number of nitrogens with one attached hydrogen (secondary N) is 1. The van der Waals surface area contributed by atoms with Gasteiger partial charge >= 0.3 is 6.18 Å². The van der Waals surface area contributed by atoms with E-state index in [-0.39, 0.29) is 35.7 Å². The van der Waals surface area contributed by atoms with Crippen LogP contribution in [0.1, 0.15) is 47.0 Å². The van der Waals surface area contributed by atoms with Crippen LogP contribution in [0.15, 0.2) is 51.6 Å². The summed E-state index contributed by atoms with van der Waals surface area (Å²) < 4.78 is 38.9. The van der Waals surface area contributed by atoms with E-state index < -0.39 is 11.9 Å². The molecule has 0 radical (unpaired) electrons. The maximum Gasteiger partial charge on any atom is 0.430 e. The zero-order valence-corrected chi connectivity index (χ0v) is 18.5. The highest BCUT2D eigenvalue weighted by molar-refractivity contribution is 6.05. The zero-order valence-electron chi connectivity index (χ0n) is 18.5. The van der Waals surface area contributed by atoms with Crippen molar-refractivity contribution in [2.75, 3.05) is 13.1 Å². The summed E-state index contributed by atoms with van der Waals surface area (Å²) in [5.41, 5.74) is 13.8. The zero-order chi connectivity index (χ0) is 23.3. The van der Waals surface area contributed by atoms with E-state index in [0.717, 1.165) is 23.8 Å². The van der Waals surface area contributed by atoms with Crippen LogP contribution in [0.2, 0.25) is 0 Å². The van der Waals surface area contributed by atoms with Gasteiger partial charge < -0.3 is 21.7 Å². The predicted molar refractivity (Wildman–Crippen MR) is 117 cm³/mol. The highest BCUT2D eigenvalue weighted by Crippen LogP contribution is 2.31. The molecule has 2 atom stereocenters. The number of likely N-dealkylation sites (tertiary alicyclic amines) is 1. The molecule has 2 unspecified atom stereocenters. The van der Waals surface area contributed by atoms with Crippen LogP contribution in [0.3, 0.4) is 0 Å². The quantitative estimate of drug-likeness (QED) is 0.611. The van der Waals surface area contributed by atoms with Gasteiger partial charge in [0.2, 0.25) is 0 Å². The fourth-order valence-electron chi connectivity index (χ4n) is 3.81. The number of allylic oxidation sites excluding steroid dienone is 4. The topological polar surface area (TPSA) is 96.7 Å². The molecule has 0 saturated carbocycles. The molecule has 172 valence electrons. The van der Waals surface area contributed by atoms with E-state index in [4.69, 9.17) is 11.5 Å². The number of hydrogen-bond donors (Lipinski definition) is 3. The van der Waals surface area contributed by atoms with Crippen molar-refractivity contribution >= 4 is 11.6 Å². The number of carbonyl (C=O) groups excluding carboxylic acids is 1. The number of alkyl halides is 3. The number of piperidine rings is 1. The van der Waals surface area contributed by atoms with Crippen molar-refractivity contribution in [2.24, 2.45) is 22.4 Å². The monoisotopic (exact) mass is 439 g/mol. The van der Waals surface area contributed by atoms with Crippen molar-refractivity contribution in [2.45, 2.75) is 59.2 Å². The molecule has 0 aliphatic carbocycles. The van der Waals surface area contributed by atoms with Crippen molar-refractivity contribution < 1.29 is 18.0 Å². The molecule has 9 heteroatoms. The van der Waals surface area contributed by atoms with E-state index in [1.54, 1.807) is 11.1 Å². The molecular weight excluding hydrogens is 407 g/mol. The molecule has 0 aromatic carbocycles. The summed E-state index contributed by atoms with van der Waals surface area (Å²) in [6, 6.07) is -0.326. The lowest BCUT2D eigenvalue weighted by Gasteiger charge is -2.40. The van der Waals surface area contributed by atoms with Crippen LogP contribution in [-0.2, 0) is 4.79 Å².